The lowest BCUT2D eigenvalue weighted by Gasteiger charge is -2.28. The van der Waals surface area contributed by atoms with E-state index in [-0.39, 0.29) is 11.6 Å². The Morgan fingerprint density at radius 2 is 1.84 bits per heavy atom. The van der Waals surface area contributed by atoms with Crippen LogP contribution in [0, 0.1) is 5.92 Å². The van der Waals surface area contributed by atoms with Crippen molar-refractivity contribution in [1.82, 2.24) is 0 Å². The lowest BCUT2D eigenvalue weighted by molar-refractivity contribution is -0.137. The van der Waals surface area contributed by atoms with Crippen LogP contribution in [-0.2, 0) is 6.18 Å². The van der Waals surface area contributed by atoms with Crippen LogP contribution in [0.1, 0.15) is 31.2 Å². The standard InChI is InChI=1S/C14H18F3NO/c15-14(16,17)11-6-2-3-7-12(11)18-9-10-5-1-4-8-13(10)19/h2-3,6-7,10,13,18-19H,1,4-5,8-9H2. The number of rotatable bonds is 3. The zero-order valence-corrected chi connectivity index (χ0v) is 10.6. The van der Waals surface area contributed by atoms with E-state index in [0.29, 0.717) is 6.54 Å². The first-order chi connectivity index (χ1) is 8.98. The molecule has 0 amide bonds. The van der Waals surface area contributed by atoms with E-state index in [1.54, 1.807) is 6.07 Å². The quantitative estimate of drug-likeness (QED) is 0.880. The van der Waals surface area contributed by atoms with Crippen LogP contribution >= 0.6 is 0 Å². The molecule has 0 aromatic heterocycles. The highest BCUT2D eigenvalue weighted by molar-refractivity contribution is 5.52. The summed E-state index contributed by atoms with van der Waals surface area (Å²) in [5.74, 6) is 0.0371. The van der Waals surface area contributed by atoms with Gasteiger partial charge in [-0.1, -0.05) is 25.0 Å². The first-order valence-corrected chi connectivity index (χ1v) is 6.56. The van der Waals surface area contributed by atoms with Gasteiger partial charge in [-0.2, -0.15) is 13.2 Å². The first kappa shape index (κ1) is 14.2. The van der Waals surface area contributed by atoms with Crippen LogP contribution in [-0.4, -0.2) is 17.8 Å². The molecule has 1 aliphatic rings. The van der Waals surface area contributed by atoms with Gasteiger partial charge in [0.1, 0.15) is 0 Å². The molecule has 19 heavy (non-hydrogen) atoms. The van der Waals surface area contributed by atoms with Crippen molar-refractivity contribution in [3.05, 3.63) is 29.8 Å². The lowest BCUT2D eigenvalue weighted by Crippen LogP contribution is -2.30. The Morgan fingerprint density at radius 1 is 1.16 bits per heavy atom. The molecule has 0 aliphatic heterocycles. The van der Waals surface area contributed by atoms with E-state index in [9.17, 15) is 18.3 Å². The zero-order chi connectivity index (χ0) is 13.9. The Kier molecular flexibility index (Phi) is 4.34. The molecule has 0 radical (unpaired) electrons. The molecule has 2 rings (SSSR count). The predicted molar refractivity (Wildman–Crippen MR) is 67.9 cm³/mol. The third kappa shape index (κ3) is 3.62. The third-order valence-electron chi connectivity index (χ3n) is 3.66. The molecule has 1 aromatic carbocycles. The van der Waals surface area contributed by atoms with Crippen LogP contribution < -0.4 is 5.32 Å². The SMILES string of the molecule is OC1CCCCC1CNc1ccccc1C(F)(F)F. The van der Waals surface area contributed by atoms with Gasteiger partial charge in [0, 0.05) is 18.2 Å². The minimum Gasteiger partial charge on any atom is -0.393 e. The smallest absolute Gasteiger partial charge is 0.393 e. The van der Waals surface area contributed by atoms with Crippen molar-refractivity contribution in [2.75, 3.05) is 11.9 Å². The minimum atomic E-state index is -4.35. The van der Waals surface area contributed by atoms with Gasteiger partial charge in [-0.25, -0.2) is 0 Å². The highest BCUT2D eigenvalue weighted by Gasteiger charge is 2.33. The van der Waals surface area contributed by atoms with Crippen LogP contribution in [0.25, 0.3) is 0 Å². The highest BCUT2D eigenvalue weighted by Crippen LogP contribution is 2.35. The summed E-state index contributed by atoms with van der Waals surface area (Å²) in [4.78, 5) is 0. The molecular formula is C14H18F3NO. The molecule has 0 bridgehead atoms. The Morgan fingerprint density at radius 3 is 2.53 bits per heavy atom. The molecule has 1 aliphatic carbocycles. The fourth-order valence-corrected chi connectivity index (χ4v) is 2.55. The Hall–Kier alpha value is -1.23. The van der Waals surface area contributed by atoms with Gasteiger partial charge >= 0.3 is 6.18 Å². The van der Waals surface area contributed by atoms with Gasteiger partial charge in [-0.3, -0.25) is 0 Å². The van der Waals surface area contributed by atoms with Crippen molar-refractivity contribution in [2.45, 2.75) is 38.0 Å². The number of aliphatic hydroxyl groups excluding tert-OH is 1. The third-order valence-corrected chi connectivity index (χ3v) is 3.66. The van der Waals surface area contributed by atoms with Crippen molar-refractivity contribution in [3.63, 3.8) is 0 Å². The average Bonchev–Trinajstić information content (AvgIpc) is 2.37. The van der Waals surface area contributed by atoms with Gasteiger partial charge in [0.15, 0.2) is 0 Å². The molecule has 106 valence electrons. The van der Waals surface area contributed by atoms with E-state index < -0.39 is 17.8 Å². The van der Waals surface area contributed by atoms with Crippen molar-refractivity contribution in [2.24, 2.45) is 5.92 Å². The molecule has 1 saturated carbocycles. The van der Waals surface area contributed by atoms with Crippen molar-refractivity contribution in [1.29, 1.82) is 0 Å². The number of aliphatic hydroxyl groups is 1. The van der Waals surface area contributed by atoms with E-state index >= 15 is 0 Å². The number of para-hydroxylation sites is 1. The van der Waals surface area contributed by atoms with Crippen LogP contribution in [0.3, 0.4) is 0 Å². The zero-order valence-electron chi connectivity index (χ0n) is 10.6. The molecule has 0 heterocycles. The summed E-state index contributed by atoms with van der Waals surface area (Å²) in [5.41, 5.74) is -0.562. The normalized spacial score (nSPS) is 24.2. The molecular weight excluding hydrogens is 255 g/mol. The van der Waals surface area contributed by atoms with Crippen molar-refractivity contribution >= 4 is 5.69 Å². The number of alkyl halides is 3. The summed E-state index contributed by atoms with van der Waals surface area (Å²) in [7, 11) is 0. The van der Waals surface area contributed by atoms with Crippen molar-refractivity contribution < 1.29 is 18.3 Å². The number of hydrogen-bond donors (Lipinski definition) is 2. The van der Waals surface area contributed by atoms with Crippen LogP contribution in [0.2, 0.25) is 0 Å². The summed E-state index contributed by atoms with van der Waals surface area (Å²) in [6, 6.07) is 5.45. The van der Waals surface area contributed by atoms with Crippen LogP contribution in [0.4, 0.5) is 18.9 Å². The van der Waals surface area contributed by atoms with Gasteiger partial charge in [0.25, 0.3) is 0 Å². The molecule has 2 unspecified atom stereocenters. The Balaban J connectivity index is 2.03. The molecule has 1 aromatic rings. The topological polar surface area (TPSA) is 32.3 Å². The van der Waals surface area contributed by atoms with E-state index in [1.807, 2.05) is 0 Å². The summed E-state index contributed by atoms with van der Waals surface area (Å²) >= 11 is 0. The number of nitrogens with one attached hydrogen (secondary N) is 1. The van der Waals surface area contributed by atoms with Crippen molar-refractivity contribution in [3.8, 4) is 0 Å². The van der Waals surface area contributed by atoms with Crippen LogP contribution in [0.15, 0.2) is 24.3 Å². The first-order valence-electron chi connectivity index (χ1n) is 6.56. The van der Waals surface area contributed by atoms with Crippen LogP contribution in [0.5, 0.6) is 0 Å². The Labute approximate surface area is 110 Å². The minimum absolute atomic E-state index is 0.0371. The van der Waals surface area contributed by atoms with Gasteiger partial charge in [0.2, 0.25) is 0 Å². The Bertz CT molecular complexity index is 419. The molecule has 2 atom stereocenters. The summed E-state index contributed by atoms with van der Waals surface area (Å²) in [5, 5.41) is 12.7. The molecule has 1 fully saturated rings. The number of halogens is 3. The summed E-state index contributed by atoms with van der Waals surface area (Å²) < 4.78 is 38.4. The summed E-state index contributed by atoms with van der Waals surface area (Å²) in [6.07, 6.45) is -1.12. The lowest BCUT2D eigenvalue weighted by atomic mass is 9.86. The molecule has 5 heteroatoms. The number of anilines is 1. The monoisotopic (exact) mass is 273 g/mol. The van der Waals surface area contributed by atoms with E-state index in [4.69, 9.17) is 0 Å². The molecule has 2 N–H and O–H groups in total. The second-order valence-electron chi connectivity index (χ2n) is 5.04. The molecule has 0 saturated heterocycles. The highest BCUT2D eigenvalue weighted by atomic mass is 19.4. The molecule has 2 nitrogen and oxygen atoms in total. The number of benzene rings is 1. The average molecular weight is 273 g/mol. The largest absolute Gasteiger partial charge is 0.418 e. The molecule has 0 spiro atoms. The fraction of sp³-hybridized carbons (Fsp3) is 0.571. The van der Waals surface area contributed by atoms with Gasteiger partial charge in [-0.15, -0.1) is 0 Å². The predicted octanol–water partition coefficient (Wildman–Crippen LogP) is 3.67. The maximum Gasteiger partial charge on any atom is 0.418 e. The second-order valence-corrected chi connectivity index (χ2v) is 5.04. The fourth-order valence-electron chi connectivity index (χ4n) is 2.55. The summed E-state index contributed by atoms with van der Waals surface area (Å²) in [6.45, 7) is 0.383. The maximum absolute atomic E-state index is 12.8. The van der Waals surface area contributed by atoms with E-state index in [0.717, 1.165) is 31.7 Å². The van der Waals surface area contributed by atoms with Gasteiger partial charge in [0.05, 0.1) is 11.7 Å². The number of hydrogen-bond acceptors (Lipinski definition) is 2. The van der Waals surface area contributed by atoms with E-state index in [2.05, 4.69) is 5.32 Å². The van der Waals surface area contributed by atoms with E-state index in [1.165, 1.54) is 12.1 Å². The second kappa shape index (κ2) is 5.82. The maximum atomic E-state index is 12.8. The van der Waals surface area contributed by atoms with Gasteiger partial charge < -0.3 is 10.4 Å². The van der Waals surface area contributed by atoms with Gasteiger partial charge in [-0.05, 0) is 25.0 Å².